The van der Waals surface area contributed by atoms with E-state index < -0.39 is 0 Å². The largest absolute Gasteiger partial charge is 0.185 e. The van der Waals surface area contributed by atoms with Crippen LogP contribution in [0, 0.1) is 21.3 Å². The molecule has 0 N–H and O–H groups in total. The van der Waals surface area contributed by atoms with Crippen LogP contribution in [-0.4, -0.2) is 11.5 Å². The van der Waals surface area contributed by atoms with Gasteiger partial charge in [-0.1, -0.05) is 32.1 Å². The van der Waals surface area contributed by atoms with Crippen LogP contribution in [0.4, 0.5) is 0 Å². The van der Waals surface area contributed by atoms with Crippen molar-refractivity contribution >= 4 is 23.5 Å². The van der Waals surface area contributed by atoms with E-state index >= 15 is 0 Å². The maximum atomic E-state index is 8.30. The summed E-state index contributed by atoms with van der Waals surface area (Å²) in [6.07, 6.45) is 8.72. The Hall–Kier alpha value is -0.320. The van der Waals surface area contributed by atoms with Crippen molar-refractivity contribution < 1.29 is 0 Å². The molecule has 0 aliphatic rings. The van der Waals surface area contributed by atoms with Crippen LogP contribution < -0.4 is 0 Å². The molecule has 0 atom stereocenters. The van der Waals surface area contributed by atoms with E-state index in [0.29, 0.717) is 0 Å². The number of thioether (sulfide) groups is 2. The number of hydrogen-bond acceptors (Lipinski definition) is 4. The molecule has 0 aliphatic carbocycles. The predicted octanol–water partition coefficient (Wildman–Crippen LogP) is 4.15. The molecule has 0 spiro atoms. The van der Waals surface area contributed by atoms with E-state index in [1.807, 2.05) is 0 Å². The van der Waals surface area contributed by atoms with E-state index in [1.54, 1.807) is 0 Å². The molecule has 0 aliphatic heterocycles. The van der Waals surface area contributed by atoms with Gasteiger partial charge in [-0.15, -0.1) is 0 Å². The molecular weight excluding hydrogens is 224 g/mol. The Kier molecular flexibility index (Phi) is 13.4. The number of nitriles is 2. The Morgan fingerprint density at radius 3 is 1.27 bits per heavy atom. The number of thiocyanates is 2. The van der Waals surface area contributed by atoms with E-state index in [4.69, 9.17) is 10.5 Å². The van der Waals surface area contributed by atoms with Crippen molar-refractivity contribution in [3.8, 4) is 10.8 Å². The van der Waals surface area contributed by atoms with Gasteiger partial charge in [-0.25, -0.2) is 0 Å². The SMILES string of the molecule is N#CSCCCCCCCCCSC#N. The molecule has 0 aromatic heterocycles. The second kappa shape index (κ2) is 13.7. The molecule has 0 heterocycles. The van der Waals surface area contributed by atoms with Gasteiger partial charge in [-0.3, -0.25) is 0 Å². The highest BCUT2D eigenvalue weighted by Crippen LogP contribution is 2.11. The van der Waals surface area contributed by atoms with Gasteiger partial charge in [0.25, 0.3) is 0 Å². The molecular formula is C11H18N2S2. The molecule has 15 heavy (non-hydrogen) atoms. The highest BCUT2D eigenvalue weighted by atomic mass is 32.2. The quantitative estimate of drug-likeness (QED) is 0.426. The highest BCUT2D eigenvalue weighted by Gasteiger charge is 1.92. The Labute approximate surface area is 101 Å². The van der Waals surface area contributed by atoms with Gasteiger partial charge in [-0.05, 0) is 36.4 Å². The highest BCUT2D eigenvalue weighted by molar-refractivity contribution is 8.03. The molecule has 84 valence electrons. The summed E-state index contributed by atoms with van der Waals surface area (Å²) in [7, 11) is 0. The fourth-order valence-electron chi connectivity index (χ4n) is 1.32. The summed E-state index contributed by atoms with van der Waals surface area (Å²) < 4.78 is 0. The van der Waals surface area contributed by atoms with Crippen molar-refractivity contribution in [1.29, 1.82) is 10.5 Å². The van der Waals surface area contributed by atoms with Crippen LogP contribution >= 0.6 is 23.5 Å². The zero-order valence-corrected chi connectivity index (χ0v) is 10.7. The minimum Gasteiger partial charge on any atom is -0.185 e. The first-order valence-electron chi connectivity index (χ1n) is 5.43. The lowest BCUT2D eigenvalue weighted by molar-refractivity contribution is 0.605. The Morgan fingerprint density at radius 1 is 0.600 bits per heavy atom. The summed E-state index contributed by atoms with van der Waals surface area (Å²) in [5.41, 5.74) is 0. The van der Waals surface area contributed by atoms with Gasteiger partial charge in [0.15, 0.2) is 0 Å². The van der Waals surface area contributed by atoms with Gasteiger partial charge < -0.3 is 0 Å². The van der Waals surface area contributed by atoms with E-state index in [-0.39, 0.29) is 0 Å². The lowest BCUT2D eigenvalue weighted by Gasteiger charge is -1.99. The van der Waals surface area contributed by atoms with Crippen LogP contribution in [0.2, 0.25) is 0 Å². The van der Waals surface area contributed by atoms with E-state index in [1.165, 1.54) is 68.5 Å². The fourth-order valence-corrected chi connectivity index (χ4v) is 2.20. The zero-order chi connectivity index (χ0) is 11.2. The second-order valence-electron chi connectivity index (χ2n) is 3.35. The topological polar surface area (TPSA) is 47.6 Å². The van der Waals surface area contributed by atoms with Crippen molar-refractivity contribution in [1.82, 2.24) is 0 Å². The summed E-state index contributed by atoms with van der Waals surface area (Å²) in [5, 5.41) is 20.8. The first kappa shape index (κ1) is 14.7. The van der Waals surface area contributed by atoms with Gasteiger partial charge in [0, 0.05) is 11.5 Å². The molecule has 0 bridgehead atoms. The van der Waals surface area contributed by atoms with Gasteiger partial charge in [0.2, 0.25) is 0 Å². The Bertz CT molecular complexity index is 184. The molecule has 0 unspecified atom stereocenters. The third kappa shape index (κ3) is 13.7. The molecule has 2 nitrogen and oxygen atoms in total. The van der Waals surface area contributed by atoms with Crippen molar-refractivity contribution in [2.45, 2.75) is 44.9 Å². The van der Waals surface area contributed by atoms with Gasteiger partial charge in [-0.2, -0.15) is 10.5 Å². The lowest BCUT2D eigenvalue weighted by Crippen LogP contribution is -1.83. The van der Waals surface area contributed by atoms with Crippen LogP contribution in [0.1, 0.15) is 44.9 Å². The molecule has 0 amide bonds. The maximum Gasteiger partial charge on any atom is 0.133 e. The Balaban J connectivity index is 2.88. The zero-order valence-electron chi connectivity index (χ0n) is 9.07. The molecule has 0 aromatic rings. The first-order valence-corrected chi connectivity index (χ1v) is 7.40. The molecule has 0 rings (SSSR count). The first-order chi connectivity index (χ1) is 7.41. The number of unbranched alkanes of at least 4 members (excludes halogenated alkanes) is 6. The predicted molar refractivity (Wildman–Crippen MR) is 68.5 cm³/mol. The fraction of sp³-hybridized carbons (Fsp3) is 0.818. The van der Waals surface area contributed by atoms with Crippen molar-refractivity contribution in [2.24, 2.45) is 0 Å². The smallest absolute Gasteiger partial charge is 0.133 e. The second-order valence-corrected chi connectivity index (χ2v) is 5.11. The maximum absolute atomic E-state index is 8.30. The number of hydrogen-bond donors (Lipinski definition) is 0. The van der Waals surface area contributed by atoms with E-state index in [9.17, 15) is 0 Å². The molecule has 4 heteroatoms. The van der Waals surface area contributed by atoms with Crippen molar-refractivity contribution in [2.75, 3.05) is 11.5 Å². The average Bonchev–Trinajstić information content (AvgIpc) is 2.26. The molecule has 0 fully saturated rings. The third-order valence-electron chi connectivity index (χ3n) is 2.12. The van der Waals surface area contributed by atoms with Crippen molar-refractivity contribution in [3.05, 3.63) is 0 Å². The molecule has 0 saturated heterocycles. The molecule has 0 saturated carbocycles. The average molecular weight is 242 g/mol. The van der Waals surface area contributed by atoms with Crippen LogP contribution in [0.3, 0.4) is 0 Å². The summed E-state index contributed by atoms with van der Waals surface area (Å²) in [5.74, 6) is 1.96. The van der Waals surface area contributed by atoms with E-state index in [2.05, 4.69) is 10.8 Å². The van der Waals surface area contributed by atoms with Gasteiger partial charge >= 0.3 is 0 Å². The minimum absolute atomic E-state index is 0.981. The number of rotatable bonds is 10. The normalized spacial score (nSPS) is 9.47. The van der Waals surface area contributed by atoms with Crippen LogP contribution in [0.5, 0.6) is 0 Å². The summed E-state index contributed by atoms with van der Waals surface area (Å²) >= 11 is 2.72. The van der Waals surface area contributed by atoms with Crippen LogP contribution in [0.25, 0.3) is 0 Å². The summed E-state index contributed by atoms with van der Waals surface area (Å²) in [6, 6.07) is 0. The third-order valence-corrected chi connectivity index (χ3v) is 3.37. The van der Waals surface area contributed by atoms with E-state index in [0.717, 1.165) is 11.5 Å². The lowest BCUT2D eigenvalue weighted by atomic mass is 10.1. The standard InChI is InChI=1S/C11H18N2S2/c12-10-14-8-6-4-2-1-3-5-7-9-15-11-13/h1-9H2. The minimum atomic E-state index is 0.981. The summed E-state index contributed by atoms with van der Waals surface area (Å²) in [4.78, 5) is 0. The van der Waals surface area contributed by atoms with Crippen LogP contribution in [-0.2, 0) is 0 Å². The van der Waals surface area contributed by atoms with Crippen LogP contribution in [0.15, 0.2) is 0 Å². The summed E-state index contributed by atoms with van der Waals surface area (Å²) in [6.45, 7) is 0. The Morgan fingerprint density at radius 2 is 0.933 bits per heavy atom. The number of nitrogens with zero attached hydrogens (tertiary/aromatic N) is 2. The van der Waals surface area contributed by atoms with Gasteiger partial charge in [0.1, 0.15) is 10.8 Å². The molecule has 0 radical (unpaired) electrons. The van der Waals surface area contributed by atoms with Crippen molar-refractivity contribution in [3.63, 3.8) is 0 Å². The monoisotopic (exact) mass is 242 g/mol. The van der Waals surface area contributed by atoms with Gasteiger partial charge in [0.05, 0.1) is 0 Å². The molecule has 0 aromatic carbocycles.